The number of hydrogen-bond acceptors (Lipinski definition) is 5. The largest absolute Gasteiger partial charge is 0.495 e. The minimum Gasteiger partial charge on any atom is -0.495 e. The first kappa shape index (κ1) is 22.1. The van der Waals surface area contributed by atoms with Crippen LogP contribution < -0.4 is 20.1 Å². The average molecular weight is 427 g/mol. The Bertz CT molecular complexity index is 1130. The number of ether oxygens (including phenoxy) is 2. The topological polar surface area (TPSA) is 100 Å². The molecule has 0 aliphatic rings. The first-order valence-electron chi connectivity index (χ1n) is 9.66. The summed E-state index contributed by atoms with van der Waals surface area (Å²) in [5.41, 5.74) is 1.78. The minimum atomic E-state index is -0.619. The molecule has 160 valence electrons. The summed E-state index contributed by atoms with van der Waals surface area (Å²) in [4.78, 5) is 26.2. The molecule has 0 saturated carbocycles. The Morgan fingerprint density at radius 3 is 1.69 bits per heavy atom. The molecule has 3 aromatic rings. The maximum absolute atomic E-state index is 13.1. The molecule has 0 heterocycles. The number of amides is 2. The number of anilines is 2. The number of carbonyl (C=O) groups is 2. The number of benzene rings is 3. The number of nitriles is 1. The predicted molar refractivity (Wildman–Crippen MR) is 122 cm³/mol. The van der Waals surface area contributed by atoms with Crippen LogP contribution in [0.15, 0.2) is 78.4 Å². The maximum atomic E-state index is 13.1. The van der Waals surface area contributed by atoms with Crippen LogP contribution in [0.4, 0.5) is 11.4 Å². The van der Waals surface area contributed by atoms with Crippen LogP contribution in [0.5, 0.6) is 11.5 Å². The quantitative estimate of drug-likeness (QED) is 0.334. The Morgan fingerprint density at radius 1 is 0.781 bits per heavy atom. The van der Waals surface area contributed by atoms with Gasteiger partial charge in [0.25, 0.3) is 11.8 Å². The third kappa shape index (κ3) is 5.32. The molecule has 32 heavy (non-hydrogen) atoms. The molecule has 0 radical (unpaired) electrons. The van der Waals surface area contributed by atoms with Crippen molar-refractivity contribution in [2.45, 2.75) is 0 Å². The highest BCUT2D eigenvalue weighted by Crippen LogP contribution is 2.26. The van der Waals surface area contributed by atoms with Crippen molar-refractivity contribution in [3.63, 3.8) is 0 Å². The molecule has 0 aliphatic carbocycles. The summed E-state index contributed by atoms with van der Waals surface area (Å²) in [6.07, 6.45) is 1.46. The highest BCUT2D eigenvalue weighted by Gasteiger charge is 2.21. The Kier molecular flexibility index (Phi) is 7.23. The fraction of sp³-hybridized carbons (Fsp3) is 0.0800. The predicted octanol–water partition coefficient (Wildman–Crippen LogP) is 4.24. The average Bonchev–Trinajstić information content (AvgIpc) is 2.83. The smallest absolute Gasteiger partial charge is 0.261 e. The Morgan fingerprint density at radius 2 is 1.25 bits per heavy atom. The molecule has 2 N–H and O–H groups in total. The molecule has 3 aromatic carbocycles. The zero-order valence-corrected chi connectivity index (χ0v) is 17.6. The summed E-state index contributed by atoms with van der Waals surface area (Å²) in [6, 6.07) is 22.4. The van der Waals surface area contributed by atoms with Gasteiger partial charge in [-0.25, -0.2) is 0 Å². The molecule has 0 atom stereocenters. The minimum absolute atomic E-state index is 0.133. The van der Waals surface area contributed by atoms with E-state index >= 15 is 0 Å². The first-order chi connectivity index (χ1) is 15.5. The van der Waals surface area contributed by atoms with Crippen LogP contribution in [0, 0.1) is 11.3 Å². The second kappa shape index (κ2) is 10.5. The number of para-hydroxylation sites is 4. The first-order valence-corrected chi connectivity index (χ1v) is 9.66. The zero-order chi connectivity index (χ0) is 22.9. The molecule has 0 aromatic heterocycles. The van der Waals surface area contributed by atoms with E-state index in [1.54, 1.807) is 72.8 Å². The van der Waals surface area contributed by atoms with Gasteiger partial charge in [0, 0.05) is 0 Å². The lowest BCUT2D eigenvalue weighted by molar-refractivity contribution is -0.118. The molecular formula is C25H21N3O4. The molecule has 0 unspecified atom stereocenters. The number of nitrogens with one attached hydrogen (secondary N) is 2. The summed E-state index contributed by atoms with van der Waals surface area (Å²) in [7, 11) is 2.99. The van der Waals surface area contributed by atoms with Crippen molar-refractivity contribution >= 4 is 29.3 Å². The van der Waals surface area contributed by atoms with Crippen molar-refractivity contribution in [1.29, 1.82) is 5.26 Å². The van der Waals surface area contributed by atoms with Crippen LogP contribution in [-0.2, 0) is 9.59 Å². The Labute approximate surface area is 185 Å². The van der Waals surface area contributed by atoms with Gasteiger partial charge >= 0.3 is 0 Å². The molecule has 0 aliphatic heterocycles. The monoisotopic (exact) mass is 427 g/mol. The highest BCUT2D eigenvalue weighted by atomic mass is 16.5. The van der Waals surface area contributed by atoms with Gasteiger partial charge < -0.3 is 20.1 Å². The fourth-order valence-corrected chi connectivity index (χ4v) is 2.93. The van der Waals surface area contributed by atoms with Gasteiger partial charge in [-0.15, -0.1) is 0 Å². The molecule has 7 heteroatoms. The van der Waals surface area contributed by atoms with E-state index in [-0.39, 0.29) is 5.57 Å². The molecule has 0 fully saturated rings. The lowest BCUT2D eigenvalue weighted by Crippen LogP contribution is -2.25. The van der Waals surface area contributed by atoms with Crippen LogP contribution in [0.3, 0.4) is 0 Å². The third-order valence-corrected chi connectivity index (χ3v) is 4.55. The summed E-state index contributed by atoms with van der Waals surface area (Å²) in [5, 5.41) is 14.4. The van der Waals surface area contributed by atoms with E-state index in [2.05, 4.69) is 10.6 Å². The summed E-state index contributed by atoms with van der Waals surface area (Å²) >= 11 is 0. The molecule has 3 rings (SSSR count). The lowest BCUT2D eigenvalue weighted by atomic mass is 10.1. The van der Waals surface area contributed by atoms with Crippen molar-refractivity contribution in [2.75, 3.05) is 24.9 Å². The van der Waals surface area contributed by atoms with Crippen LogP contribution in [0.2, 0.25) is 0 Å². The molecule has 7 nitrogen and oxygen atoms in total. The van der Waals surface area contributed by atoms with E-state index in [1.807, 2.05) is 6.07 Å². The molecule has 0 bridgehead atoms. The van der Waals surface area contributed by atoms with E-state index in [9.17, 15) is 9.59 Å². The Hall–Kier alpha value is -4.57. The van der Waals surface area contributed by atoms with Gasteiger partial charge in [-0.05, 0) is 48.0 Å². The van der Waals surface area contributed by atoms with E-state index < -0.39 is 11.8 Å². The van der Waals surface area contributed by atoms with Gasteiger partial charge in [0.05, 0.1) is 37.2 Å². The Balaban J connectivity index is 1.96. The SMILES string of the molecule is COc1ccccc1NC(=O)C(=Cc1ccc(C#N)cc1)C(=O)Nc1ccccc1OC. The standard InChI is InChI=1S/C25H21N3O4/c1-31-22-9-5-3-7-20(22)27-24(29)19(15-17-11-13-18(16-26)14-12-17)25(30)28-21-8-4-6-10-23(21)32-2/h3-15H,1-2H3,(H,27,29)(H,28,30). The number of nitrogens with zero attached hydrogens (tertiary/aromatic N) is 1. The van der Waals surface area contributed by atoms with Crippen molar-refractivity contribution in [2.24, 2.45) is 0 Å². The number of methoxy groups -OCH3 is 2. The molecule has 0 spiro atoms. The van der Waals surface area contributed by atoms with Crippen LogP contribution in [-0.4, -0.2) is 26.0 Å². The van der Waals surface area contributed by atoms with Crippen molar-refractivity contribution in [1.82, 2.24) is 0 Å². The van der Waals surface area contributed by atoms with Gasteiger partial charge in [0.1, 0.15) is 17.1 Å². The van der Waals surface area contributed by atoms with Gasteiger partial charge in [0.15, 0.2) is 0 Å². The van der Waals surface area contributed by atoms with Crippen molar-refractivity contribution < 1.29 is 19.1 Å². The van der Waals surface area contributed by atoms with Gasteiger partial charge in [-0.3, -0.25) is 9.59 Å². The van der Waals surface area contributed by atoms with Gasteiger partial charge in [-0.1, -0.05) is 36.4 Å². The van der Waals surface area contributed by atoms with E-state index in [1.165, 1.54) is 20.3 Å². The maximum Gasteiger partial charge on any atom is 0.261 e. The second-order valence-corrected chi connectivity index (χ2v) is 6.60. The normalized spacial score (nSPS) is 9.78. The van der Waals surface area contributed by atoms with E-state index in [4.69, 9.17) is 14.7 Å². The number of rotatable bonds is 7. The van der Waals surface area contributed by atoms with Gasteiger partial charge in [-0.2, -0.15) is 5.26 Å². The van der Waals surface area contributed by atoms with Crippen LogP contribution in [0.1, 0.15) is 11.1 Å². The number of hydrogen-bond donors (Lipinski definition) is 2. The lowest BCUT2D eigenvalue weighted by Gasteiger charge is -2.14. The molecular weight excluding hydrogens is 406 g/mol. The fourth-order valence-electron chi connectivity index (χ4n) is 2.93. The van der Waals surface area contributed by atoms with Crippen LogP contribution >= 0.6 is 0 Å². The summed E-state index contributed by atoms with van der Waals surface area (Å²) in [6.45, 7) is 0. The zero-order valence-electron chi connectivity index (χ0n) is 17.6. The van der Waals surface area contributed by atoms with Gasteiger partial charge in [0.2, 0.25) is 0 Å². The molecule has 2 amide bonds. The van der Waals surface area contributed by atoms with Crippen LogP contribution in [0.25, 0.3) is 6.08 Å². The number of carbonyl (C=O) groups excluding carboxylic acids is 2. The highest BCUT2D eigenvalue weighted by molar-refractivity contribution is 6.29. The second-order valence-electron chi connectivity index (χ2n) is 6.60. The van der Waals surface area contributed by atoms with Crippen molar-refractivity contribution in [3.8, 4) is 17.6 Å². The third-order valence-electron chi connectivity index (χ3n) is 4.55. The summed E-state index contributed by atoms with van der Waals surface area (Å²) in [5.74, 6) is -0.315. The van der Waals surface area contributed by atoms with Crippen molar-refractivity contribution in [3.05, 3.63) is 89.5 Å². The van der Waals surface area contributed by atoms with E-state index in [0.29, 0.717) is 34.0 Å². The van der Waals surface area contributed by atoms with E-state index in [0.717, 1.165) is 0 Å². The molecule has 0 saturated heterocycles. The summed E-state index contributed by atoms with van der Waals surface area (Å²) < 4.78 is 10.5.